The summed E-state index contributed by atoms with van der Waals surface area (Å²) in [6, 6.07) is 6.83. The Morgan fingerprint density at radius 2 is 2.09 bits per heavy atom. The summed E-state index contributed by atoms with van der Waals surface area (Å²) in [5.41, 5.74) is -0.317. The second-order valence-corrected chi connectivity index (χ2v) is 5.35. The molecule has 0 bridgehead atoms. The van der Waals surface area contributed by atoms with E-state index < -0.39 is 11.5 Å². The Bertz CT molecular complexity index is 1040. The number of hydrogen-bond donors (Lipinski definition) is 0. The number of fused-ring (bicyclic) bond motifs is 1. The summed E-state index contributed by atoms with van der Waals surface area (Å²) in [6.07, 6.45) is 2.56. The van der Waals surface area contributed by atoms with E-state index in [-0.39, 0.29) is 10.5 Å². The summed E-state index contributed by atoms with van der Waals surface area (Å²) in [6.45, 7) is 1.30. The van der Waals surface area contributed by atoms with Gasteiger partial charge in [-0.2, -0.15) is 14.6 Å². The summed E-state index contributed by atoms with van der Waals surface area (Å²) >= 11 is 1.04. The molecular formula is C14H9N3O4S. The van der Waals surface area contributed by atoms with Crippen LogP contribution in [0.15, 0.2) is 40.1 Å². The van der Waals surface area contributed by atoms with E-state index >= 15 is 0 Å². The van der Waals surface area contributed by atoms with E-state index in [1.807, 2.05) is 0 Å². The average Bonchev–Trinajstić information content (AvgIpc) is 2.76. The molecule has 0 radical (unpaired) electrons. The van der Waals surface area contributed by atoms with Crippen LogP contribution < -0.4 is 20.4 Å². The summed E-state index contributed by atoms with van der Waals surface area (Å²) in [5, 5.41) is 3.75. The van der Waals surface area contributed by atoms with Crippen LogP contribution in [0.4, 0.5) is 0 Å². The Morgan fingerprint density at radius 3 is 2.86 bits per heavy atom. The molecule has 8 heteroatoms. The summed E-state index contributed by atoms with van der Waals surface area (Å²) in [4.78, 5) is 38.4. The highest BCUT2D eigenvalue weighted by molar-refractivity contribution is 7.15. The van der Waals surface area contributed by atoms with Crippen LogP contribution in [0.3, 0.4) is 0 Å². The Kier molecular flexibility index (Phi) is 3.51. The standard InChI is InChI=1S/C14H9N3O4S/c1-8(18)21-10-5-3-2-4-9(10)6-11-13(20)17-14(22-11)16-12(19)7-15-17/h2-7H,1H3. The summed E-state index contributed by atoms with van der Waals surface area (Å²) in [5.74, 6) is -0.101. The molecule has 0 atom stereocenters. The predicted octanol–water partition coefficient (Wildman–Crippen LogP) is -0.0158. The van der Waals surface area contributed by atoms with Gasteiger partial charge in [0.1, 0.15) is 11.9 Å². The lowest BCUT2D eigenvalue weighted by Gasteiger charge is -2.03. The van der Waals surface area contributed by atoms with Crippen molar-refractivity contribution in [2.45, 2.75) is 6.92 Å². The smallest absolute Gasteiger partial charge is 0.308 e. The molecule has 22 heavy (non-hydrogen) atoms. The molecule has 0 saturated heterocycles. The molecule has 2 heterocycles. The third kappa shape index (κ3) is 2.63. The van der Waals surface area contributed by atoms with Gasteiger partial charge in [-0.3, -0.25) is 14.4 Å². The van der Waals surface area contributed by atoms with Gasteiger partial charge in [0.05, 0.1) is 4.53 Å². The molecule has 0 unspecified atom stereocenters. The van der Waals surface area contributed by atoms with Crippen LogP contribution in [0.25, 0.3) is 11.0 Å². The Labute approximate surface area is 127 Å². The number of thiazole rings is 1. The van der Waals surface area contributed by atoms with Crippen LogP contribution in [0.2, 0.25) is 0 Å². The molecule has 7 nitrogen and oxygen atoms in total. The molecule has 110 valence electrons. The van der Waals surface area contributed by atoms with Crippen LogP contribution in [0, 0.1) is 0 Å². The number of esters is 1. The minimum absolute atomic E-state index is 0.216. The molecule has 3 aromatic rings. The van der Waals surface area contributed by atoms with Gasteiger partial charge in [0.15, 0.2) is 0 Å². The van der Waals surface area contributed by atoms with Gasteiger partial charge >= 0.3 is 5.97 Å². The number of hydrogen-bond acceptors (Lipinski definition) is 7. The van der Waals surface area contributed by atoms with Crippen molar-refractivity contribution in [1.29, 1.82) is 0 Å². The van der Waals surface area contributed by atoms with Crippen LogP contribution in [0.5, 0.6) is 5.75 Å². The lowest BCUT2D eigenvalue weighted by Crippen LogP contribution is -2.25. The fourth-order valence-corrected chi connectivity index (χ4v) is 2.77. The van der Waals surface area contributed by atoms with E-state index in [2.05, 4.69) is 10.1 Å². The van der Waals surface area contributed by atoms with Gasteiger partial charge in [-0.15, -0.1) is 0 Å². The molecule has 0 fully saturated rings. The number of carbonyl (C=O) groups is 1. The van der Waals surface area contributed by atoms with Gasteiger partial charge in [0, 0.05) is 12.5 Å². The molecule has 3 rings (SSSR count). The van der Waals surface area contributed by atoms with E-state index in [4.69, 9.17) is 4.74 Å². The molecule has 0 N–H and O–H groups in total. The maximum absolute atomic E-state index is 12.2. The highest BCUT2D eigenvalue weighted by Crippen LogP contribution is 2.18. The molecule has 1 aromatic carbocycles. The molecule has 0 aliphatic carbocycles. The SMILES string of the molecule is CC(=O)Oc1ccccc1C=c1sc2nc(=O)cnn2c1=O. The highest BCUT2D eigenvalue weighted by Gasteiger charge is 2.08. The topological polar surface area (TPSA) is 90.6 Å². The van der Waals surface area contributed by atoms with E-state index in [0.29, 0.717) is 15.8 Å². The van der Waals surface area contributed by atoms with Crippen molar-refractivity contribution in [1.82, 2.24) is 14.6 Å². The molecule has 0 spiro atoms. The third-order valence-electron chi connectivity index (χ3n) is 2.73. The van der Waals surface area contributed by atoms with Crippen LogP contribution >= 0.6 is 11.3 Å². The summed E-state index contributed by atoms with van der Waals surface area (Å²) in [7, 11) is 0. The van der Waals surface area contributed by atoms with Gasteiger partial charge in [-0.05, 0) is 12.1 Å². The largest absolute Gasteiger partial charge is 0.426 e. The minimum atomic E-state index is -0.506. The van der Waals surface area contributed by atoms with E-state index in [9.17, 15) is 14.4 Å². The van der Waals surface area contributed by atoms with Gasteiger partial charge < -0.3 is 4.74 Å². The number of carbonyl (C=O) groups excluding carboxylic acids is 1. The minimum Gasteiger partial charge on any atom is -0.426 e. The number of para-hydroxylation sites is 1. The molecule has 2 aromatic heterocycles. The average molecular weight is 315 g/mol. The molecular weight excluding hydrogens is 306 g/mol. The number of benzene rings is 1. The zero-order valence-corrected chi connectivity index (χ0v) is 12.2. The molecule has 0 aliphatic heterocycles. The van der Waals surface area contributed by atoms with E-state index in [1.54, 1.807) is 30.3 Å². The number of ether oxygens (including phenoxy) is 1. The van der Waals surface area contributed by atoms with Gasteiger partial charge in [-0.1, -0.05) is 29.5 Å². The fraction of sp³-hybridized carbons (Fsp3) is 0.0714. The van der Waals surface area contributed by atoms with Crippen LogP contribution in [0.1, 0.15) is 12.5 Å². The zero-order chi connectivity index (χ0) is 15.7. The maximum atomic E-state index is 12.2. The van der Waals surface area contributed by atoms with Crippen molar-refractivity contribution < 1.29 is 9.53 Å². The summed E-state index contributed by atoms with van der Waals surface area (Å²) < 4.78 is 6.49. The van der Waals surface area contributed by atoms with Gasteiger partial charge in [-0.25, -0.2) is 0 Å². The lowest BCUT2D eigenvalue weighted by atomic mass is 10.2. The molecule has 0 aliphatic rings. The zero-order valence-electron chi connectivity index (χ0n) is 11.3. The first-order chi connectivity index (χ1) is 10.5. The fourth-order valence-electron chi connectivity index (χ4n) is 1.86. The van der Waals surface area contributed by atoms with E-state index in [0.717, 1.165) is 22.0 Å². The Hall–Kier alpha value is -2.87. The Balaban J connectivity index is 2.21. The number of aromatic nitrogens is 3. The van der Waals surface area contributed by atoms with Crippen molar-refractivity contribution in [3.05, 3.63) is 61.3 Å². The number of rotatable bonds is 2. The Morgan fingerprint density at radius 1 is 1.32 bits per heavy atom. The van der Waals surface area contributed by atoms with Crippen molar-refractivity contribution in [3.8, 4) is 5.75 Å². The maximum Gasteiger partial charge on any atom is 0.308 e. The van der Waals surface area contributed by atoms with Crippen molar-refractivity contribution in [3.63, 3.8) is 0 Å². The highest BCUT2D eigenvalue weighted by atomic mass is 32.1. The van der Waals surface area contributed by atoms with Crippen LogP contribution in [-0.2, 0) is 4.79 Å². The van der Waals surface area contributed by atoms with Crippen molar-refractivity contribution in [2.75, 3.05) is 0 Å². The normalized spacial score (nSPS) is 11.8. The molecule has 0 saturated carbocycles. The second-order valence-electron chi connectivity index (χ2n) is 4.34. The molecule has 0 amide bonds. The van der Waals surface area contributed by atoms with Gasteiger partial charge in [0.25, 0.3) is 11.1 Å². The van der Waals surface area contributed by atoms with Crippen LogP contribution in [-0.4, -0.2) is 20.6 Å². The quantitative estimate of drug-likeness (QED) is 0.488. The van der Waals surface area contributed by atoms with E-state index in [1.165, 1.54) is 6.92 Å². The van der Waals surface area contributed by atoms with Crippen molar-refractivity contribution in [2.24, 2.45) is 0 Å². The first-order valence-corrected chi connectivity index (χ1v) is 7.04. The van der Waals surface area contributed by atoms with Crippen molar-refractivity contribution >= 4 is 28.3 Å². The monoisotopic (exact) mass is 315 g/mol. The second kappa shape index (κ2) is 5.49. The lowest BCUT2D eigenvalue weighted by molar-refractivity contribution is -0.131. The first-order valence-electron chi connectivity index (χ1n) is 6.22. The third-order valence-corrected chi connectivity index (χ3v) is 3.69. The predicted molar refractivity (Wildman–Crippen MR) is 79.9 cm³/mol. The van der Waals surface area contributed by atoms with Gasteiger partial charge in [0.2, 0.25) is 4.96 Å². The number of nitrogens with zero attached hydrogens (tertiary/aromatic N) is 3. The first kappa shape index (κ1) is 14.1.